The highest BCUT2D eigenvalue weighted by molar-refractivity contribution is 6.31. The van der Waals surface area contributed by atoms with Gasteiger partial charge in [0.05, 0.1) is 11.6 Å². The summed E-state index contributed by atoms with van der Waals surface area (Å²) in [7, 11) is 0. The molecule has 5 rings (SSSR count). The third-order valence-electron chi connectivity index (χ3n) is 6.18. The first-order valence-corrected chi connectivity index (χ1v) is 11.5. The van der Waals surface area contributed by atoms with Crippen LogP contribution in [0.25, 0.3) is 22.6 Å². The number of rotatable bonds is 4. The molecule has 34 heavy (non-hydrogen) atoms. The van der Waals surface area contributed by atoms with Crippen LogP contribution in [0.2, 0.25) is 5.15 Å². The molecule has 0 saturated heterocycles. The van der Waals surface area contributed by atoms with Crippen LogP contribution in [0, 0.1) is 12.8 Å². The lowest BCUT2D eigenvalue weighted by molar-refractivity contribution is -0.129. The minimum absolute atomic E-state index is 0.248. The van der Waals surface area contributed by atoms with Gasteiger partial charge in [-0.3, -0.25) is 9.59 Å². The van der Waals surface area contributed by atoms with E-state index < -0.39 is 5.92 Å². The number of hydrogen-bond donors (Lipinski definition) is 1. The van der Waals surface area contributed by atoms with Crippen molar-refractivity contribution in [3.05, 3.63) is 112 Å². The molecule has 0 bridgehead atoms. The fraction of sp³-hybridized carbons (Fsp3) is 0.138. The summed E-state index contributed by atoms with van der Waals surface area (Å²) >= 11 is 6.41. The van der Waals surface area contributed by atoms with Gasteiger partial charge in [-0.2, -0.15) is 0 Å². The largest absolute Gasteiger partial charge is 0.345 e. The summed E-state index contributed by atoms with van der Waals surface area (Å²) in [5.74, 6) is -1.56. The standard InChI is InChI=1S/C29H23ClN2O2/c1-17-9-12-23-22(14-17)26(19-6-4-3-5-7-19)27(29(34)32-23)25(33)13-11-21-16-20-10-8-18(2)15-24(20)31-28(21)30/h3-16,23,27H,1-2H3,(H,32,34). The van der Waals surface area contributed by atoms with E-state index in [0.717, 1.165) is 38.7 Å². The SMILES string of the molecule is CC1=CC2=C(c3ccccc3)C(C(=O)C=Cc3cc4ccc(C)cc4nc3Cl)C(=O)NC2C=C1. The molecule has 1 aromatic heterocycles. The van der Waals surface area contributed by atoms with Gasteiger partial charge in [0.2, 0.25) is 5.91 Å². The number of amides is 1. The Bertz CT molecular complexity index is 1450. The van der Waals surface area contributed by atoms with Crippen LogP contribution >= 0.6 is 11.6 Å². The van der Waals surface area contributed by atoms with E-state index in [4.69, 9.17) is 11.6 Å². The second kappa shape index (κ2) is 8.88. The van der Waals surface area contributed by atoms with E-state index in [0.29, 0.717) is 10.7 Å². The summed E-state index contributed by atoms with van der Waals surface area (Å²) < 4.78 is 0. The quantitative estimate of drug-likeness (QED) is 0.297. The fourth-order valence-electron chi connectivity index (χ4n) is 4.52. The molecule has 1 aliphatic carbocycles. The molecule has 0 saturated carbocycles. The van der Waals surface area contributed by atoms with Crippen molar-refractivity contribution in [2.75, 3.05) is 0 Å². The average molecular weight is 467 g/mol. The van der Waals surface area contributed by atoms with E-state index >= 15 is 0 Å². The predicted molar refractivity (Wildman–Crippen MR) is 137 cm³/mol. The zero-order valence-corrected chi connectivity index (χ0v) is 19.6. The van der Waals surface area contributed by atoms with Gasteiger partial charge in [0.25, 0.3) is 0 Å². The van der Waals surface area contributed by atoms with E-state index in [1.54, 1.807) is 6.08 Å². The molecule has 1 N–H and O–H groups in total. The first-order valence-electron chi connectivity index (χ1n) is 11.2. The number of ketones is 1. The molecule has 3 aromatic rings. The maximum atomic E-state index is 13.5. The lowest BCUT2D eigenvalue weighted by Crippen LogP contribution is -2.47. The summed E-state index contributed by atoms with van der Waals surface area (Å²) in [4.78, 5) is 31.1. The van der Waals surface area contributed by atoms with Crippen LogP contribution in [0.5, 0.6) is 0 Å². The van der Waals surface area contributed by atoms with Crippen molar-refractivity contribution in [3.8, 4) is 0 Å². The topological polar surface area (TPSA) is 59.1 Å². The van der Waals surface area contributed by atoms with Crippen molar-refractivity contribution in [2.24, 2.45) is 5.92 Å². The third kappa shape index (κ3) is 4.13. The molecule has 0 fully saturated rings. The van der Waals surface area contributed by atoms with Gasteiger partial charge in [0, 0.05) is 10.9 Å². The number of carbonyl (C=O) groups is 2. The number of aromatic nitrogens is 1. The molecule has 2 atom stereocenters. The first-order chi connectivity index (χ1) is 16.4. The highest BCUT2D eigenvalue weighted by Gasteiger charge is 2.38. The van der Waals surface area contributed by atoms with E-state index in [1.165, 1.54) is 6.08 Å². The summed E-state index contributed by atoms with van der Waals surface area (Å²) in [6.07, 6.45) is 9.07. The van der Waals surface area contributed by atoms with Crippen molar-refractivity contribution in [3.63, 3.8) is 0 Å². The Morgan fingerprint density at radius 1 is 1.09 bits per heavy atom. The smallest absolute Gasteiger partial charge is 0.236 e. The zero-order chi connectivity index (χ0) is 23.8. The minimum Gasteiger partial charge on any atom is -0.345 e. The van der Waals surface area contributed by atoms with Crippen molar-refractivity contribution in [1.82, 2.24) is 10.3 Å². The number of nitrogens with one attached hydrogen (secondary N) is 1. The van der Waals surface area contributed by atoms with Crippen LogP contribution in [0.1, 0.15) is 23.6 Å². The van der Waals surface area contributed by atoms with Gasteiger partial charge in [0.1, 0.15) is 11.1 Å². The summed E-state index contributed by atoms with van der Waals surface area (Å²) in [5.41, 5.74) is 6.15. The highest BCUT2D eigenvalue weighted by Crippen LogP contribution is 2.36. The number of allylic oxidation sites excluding steroid dienone is 3. The number of fused-ring (bicyclic) bond motifs is 2. The summed E-state index contributed by atoms with van der Waals surface area (Å²) in [5, 5.41) is 4.23. The molecular weight excluding hydrogens is 444 g/mol. The second-order valence-corrected chi connectivity index (χ2v) is 9.06. The molecule has 1 aliphatic heterocycles. The van der Waals surface area contributed by atoms with Crippen LogP contribution in [0.15, 0.2) is 90.0 Å². The Kier molecular flexibility index (Phi) is 5.76. The molecule has 2 heterocycles. The van der Waals surface area contributed by atoms with Gasteiger partial charge in [0.15, 0.2) is 5.78 Å². The molecule has 0 radical (unpaired) electrons. The van der Waals surface area contributed by atoms with Crippen molar-refractivity contribution in [2.45, 2.75) is 19.9 Å². The molecule has 2 aliphatic rings. The van der Waals surface area contributed by atoms with Crippen LogP contribution in [0.4, 0.5) is 0 Å². The van der Waals surface area contributed by atoms with Gasteiger partial charge in [-0.05, 0) is 60.4 Å². The Hall–Kier alpha value is -3.76. The monoisotopic (exact) mass is 466 g/mol. The van der Waals surface area contributed by atoms with Gasteiger partial charge in [-0.1, -0.05) is 77.9 Å². The van der Waals surface area contributed by atoms with Crippen LogP contribution < -0.4 is 5.32 Å². The summed E-state index contributed by atoms with van der Waals surface area (Å²) in [6, 6.07) is 17.2. The molecule has 168 valence electrons. The molecule has 5 heteroatoms. The average Bonchev–Trinajstić information content (AvgIpc) is 2.82. The number of nitrogens with zero attached hydrogens (tertiary/aromatic N) is 1. The highest BCUT2D eigenvalue weighted by atomic mass is 35.5. The number of benzene rings is 2. The number of carbonyl (C=O) groups excluding carboxylic acids is 2. The van der Waals surface area contributed by atoms with E-state index in [2.05, 4.69) is 10.3 Å². The van der Waals surface area contributed by atoms with Crippen molar-refractivity contribution in [1.29, 1.82) is 0 Å². The normalized spacial score (nSPS) is 19.9. The van der Waals surface area contributed by atoms with E-state index in [9.17, 15) is 9.59 Å². The zero-order valence-electron chi connectivity index (χ0n) is 18.9. The Morgan fingerprint density at radius 3 is 2.68 bits per heavy atom. The lowest BCUT2D eigenvalue weighted by Gasteiger charge is -2.33. The molecule has 1 amide bonds. The van der Waals surface area contributed by atoms with E-state index in [1.807, 2.05) is 86.7 Å². The van der Waals surface area contributed by atoms with Gasteiger partial charge < -0.3 is 5.32 Å². The Balaban J connectivity index is 1.55. The van der Waals surface area contributed by atoms with Crippen LogP contribution in [0.3, 0.4) is 0 Å². The predicted octanol–water partition coefficient (Wildman–Crippen LogP) is 5.86. The molecular formula is C29H23ClN2O2. The summed E-state index contributed by atoms with van der Waals surface area (Å²) in [6.45, 7) is 4.00. The van der Waals surface area contributed by atoms with Crippen LogP contribution in [-0.2, 0) is 9.59 Å². The van der Waals surface area contributed by atoms with Gasteiger partial charge >= 0.3 is 0 Å². The van der Waals surface area contributed by atoms with E-state index in [-0.39, 0.29) is 17.7 Å². The molecule has 0 spiro atoms. The Morgan fingerprint density at radius 2 is 1.88 bits per heavy atom. The maximum absolute atomic E-state index is 13.5. The second-order valence-electron chi connectivity index (χ2n) is 8.70. The molecule has 2 aromatic carbocycles. The van der Waals surface area contributed by atoms with Crippen LogP contribution in [-0.4, -0.2) is 22.7 Å². The van der Waals surface area contributed by atoms with Gasteiger partial charge in [-0.15, -0.1) is 0 Å². The van der Waals surface area contributed by atoms with Gasteiger partial charge in [-0.25, -0.2) is 4.98 Å². The minimum atomic E-state index is -0.949. The maximum Gasteiger partial charge on any atom is 0.236 e. The molecule has 2 unspecified atom stereocenters. The van der Waals surface area contributed by atoms with Crippen molar-refractivity contribution < 1.29 is 9.59 Å². The third-order valence-corrected chi connectivity index (χ3v) is 6.48. The number of halogens is 1. The van der Waals surface area contributed by atoms with Crippen molar-refractivity contribution >= 4 is 45.8 Å². The lowest BCUT2D eigenvalue weighted by atomic mass is 9.77. The number of pyridine rings is 1. The number of hydrogen-bond acceptors (Lipinski definition) is 3. The first kappa shape index (κ1) is 22.1. The molecule has 4 nitrogen and oxygen atoms in total. The number of aryl methyl sites for hydroxylation is 1. The fourth-order valence-corrected chi connectivity index (χ4v) is 4.73. The Labute approximate surface area is 203 Å².